The Morgan fingerprint density at radius 3 is 2.50 bits per heavy atom. The number of esters is 1. The number of hydrogen-bond donors (Lipinski definition) is 2. The summed E-state index contributed by atoms with van der Waals surface area (Å²) in [6.45, 7) is 1.96. The molecule has 0 aromatic heterocycles. The number of hydrazone groups is 1. The quantitative estimate of drug-likeness (QED) is 0.302. The fourth-order valence-corrected chi connectivity index (χ4v) is 2.61. The first kappa shape index (κ1) is 24.7. The number of halogens is 1. The molecule has 2 aromatic carbocycles. The molecule has 9 nitrogen and oxygen atoms in total. The van der Waals surface area contributed by atoms with Gasteiger partial charge in [0.25, 0.3) is 0 Å². The van der Waals surface area contributed by atoms with Gasteiger partial charge >= 0.3 is 5.97 Å². The van der Waals surface area contributed by atoms with Gasteiger partial charge in [-0.15, -0.1) is 0 Å². The molecule has 0 heterocycles. The van der Waals surface area contributed by atoms with Crippen LogP contribution in [-0.4, -0.2) is 44.3 Å². The van der Waals surface area contributed by atoms with Gasteiger partial charge in [-0.1, -0.05) is 23.7 Å². The molecule has 0 atom stereocenters. The van der Waals surface area contributed by atoms with Gasteiger partial charge in [0.05, 0.1) is 30.6 Å². The Balaban J connectivity index is 1.85. The Bertz CT molecular complexity index is 980. The van der Waals surface area contributed by atoms with Crippen molar-refractivity contribution in [2.45, 2.75) is 19.8 Å². The zero-order valence-corrected chi connectivity index (χ0v) is 18.5. The van der Waals surface area contributed by atoms with Gasteiger partial charge < -0.3 is 19.5 Å². The smallest absolute Gasteiger partial charge is 0.343 e. The summed E-state index contributed by atoms with van der Waals surface area (Å²) in [7, 11) is 1.27. The lowest BCUT2D eigenvalue weighted by Gasteiger charge is -2.11. The lowest BCUT2D eigenvalue weighted by Crippen LogP contribution is -2.20. The van der Waals surface area contributed by atoms with E-state index in [1.807, 2.05) is 6.92 Å². The average molecular weight is 462 g/mol. The van der Waals surface area contributed by atoms with Gasteiger partial charge in [0.2, 0.25) is 11.8 Å². The number of benzene rings is 2. The number of ether oxygens (including phenoxy) is 3. The summed E-state index contributed by atoms with van der Waals surface area (Å²) in [4.78, 5) is 35.2. The maximum absolute atomic E-state index is 12.0. The summed E-state index contributed by atoms with van der Waals surface area (Å²) in [5, 5.41) is 6.96. The molecule has 0 saturated carbocycles. The average Bonchev–Trinajstić information content (AvgIpc) is 2.78. The van der Waals surface area contributed by atoms with Crippen molar-refractivity contribution >= 4 is 41.3 Å². The van der Waals surface area contributed by atoms with Gasteiger partial charge in [-0.2, -0.15) is 5.10 Å². The van der Waals surface area contributed by atoms with Gasteiger partial charge in [0.1, 0.15) is 0 Å². The molecule has 0 aliphatic heterocycles. The van der Waals surface area contributed by atoms with Crippen LogP contribution in [0, 0.1) is 0 Å². The lowest BCUT2D eigenvalue weighted by molar-refractivity contribution is -0.143. The molecule has 2 N–H and O–H groups in total. The van der Waals surface area contributed by atoms with Crippen LogP contribution in [0.5, 0.6) is 11.5 Å². The fraction of sp³-hybridized carbons (Fsp3) is 0.273. The van der Waals surface area contributed by atoms with Crippen molar-refractivity contribution < 1.29 is 28.6 Å². The normalized spacial score (nSPS) is 10.5. The SMILES string of the molecule is CCOc1cc(C=NNC(=O)CCC(=O)Nc2ccccc2Cl)ccc1OCC(=O)OC. The van der Waals surface area contributed by atoms with Crippen molar-refractivity contribution in [3.8, 4) is 11.5 Å². The maximum Gasteiger partial charge on any atom is 0.343 e. The van der Waals surface area contributed by atoms with E-state index in [0.29, 0.717) is 34.4 Å². The molecule has 0 aliphatic rings. The summed E-state index contributed by atoms with van der Waals surface area (Å²) < 4.78 is 15.4. The summed E-state index contributed by atoms with van der Waals surface area (Å²) in [5.41, 5.74) is 3.49. The van der Waals surface area contributed by atoms with E-state index in [-0.39, 0.29) is 25.4 Å². The predicted molar refractivity (Wildman–Crippen MR) is 120 cm³/mol. The number of anilines is 1. The summed E-state index contributed by atoms with van der Waals surface area (Å²) in [5.74, 6) is -0.466. The van der Waals surface area contributed by atoms with Crippen LogP contribution in [0.25, 0.3) is 0 Å². The number of para-hydroxylation sites is 1. The molecule has 2 aromatic rings. The largest absolute Gasteiger partial charge is 0.490 e. The monoisotopic (exact) mass is 461 g/mol. The molecule has 0 aliphatic carbocycles. The highest BCUT2D eigenvalue weighted by Crippen LogP contribution is 2.28. The Morgan fingerprint density at radius 1 is 1.03 bits per heavy atom. The standard InChI is InChI=1S/C22H24ClN3O6/c1-3-31-19-12-15(8-9-18(19)32-14-22(29)30-2)13-24-26-21(28)11-10-20(27)25-17-7-5-4-6-16(17)23/h4-9,12-13H,3,10-11,14H2,1-2H3,(H,25,27)(H,26,28). The van der Waals surface area contributed by atoms with Crippen molar-refractivity contribution in [3.63, 3.8) is 0 Å². The molecule has 0 saturated heterocycles. The molecule has 0 fully saturated rings. The molecule has 170 valence electrons. The molecule has 32 heavy (non-hydrogen) atoms. The molecule has 2 amide bonds. The van der Waals surface area contributed by atoms with Crippen LogP contribution in [0.3, 0.4) is 0 Å². The van der Waals surface area contributed by atoms with Crippen LogP contribution < -0.4 is 20.2 Å². The number of rotatable bonds is 11. The molecular weight excluding hydrogens is 438 g/mol. The van der Waals surface area contributed by atoms with Crippen LogP contribution in [0.4, 0.5) is 5.69 Å². The van der Waals surface area contributed by atoms with Gasteiger partial charge in [0, 0.05) is 12.8 Å². The first-order chi connectivity index (χ1) is 15.4. The van der Waals surface area contributed by atoms with E-state index in [4.69, 9.17) is 21.1 Å². The van der Waals surface area contributed by atoms with Gasteiger partial charge in [-0.25, -0.2) is 10.2 Å². The zero-order chi connectivity index (χ0) is 23.3. The highest BCUT2D eigenvalue weighted by atomic mass is 35.5. The number of amides is 2. The summed E-state index contributed by atoms with van der Waals surface area (Å²) in [6.07, 6.45) is 1.36. The van der Waals surface area contributed by atoms with E-state index in [1.165, 1.54) is 13.3 Å². The highest BCUT2D eigenvalue weighted by molar-refractivity contribution is 6.33. The van der Waals surface area contributed by atoms with Crippen molar-refractivity contribution in [3.05, 3.63) is 53.1 Å². The second kappa shape index (κ2) is 13.0. The number of carbonyl (C=O) groups is 3. The third-order valence-corrected chi connectivity index (χ3v) is 4.30. The minimum Gasteiger partial charge on any atom is -0.490 e. The second-order valence-electron chi connectivity index (χ2n) is 6.33. The van der Waals surface area contributed by atoms with E-state index < -0.39 is 11.9 Å². The van der Waals surface area contributed by atoms with E-state index >= 15 is 0 Å². The van der Waals surface area contributed by atoms with E-state index in [1.54, 1.807) is 42.5 Å². The Labute approximate surface area is 190 Å². The number of nitrogens with zero attached hydrogens (tertiary/aromatic N) is 1. The minimum absolute atomic E-state index is 0.0205. The fourth-order valence-electron chi connectivity index (χ4n) is 2.43. The predicted octanol–water partition coefficient (Wildman–Crippen LogP) is 3.16. The van der Waals surface area contributed by atoms with Crippen molar-refractivity contribution in [2.75, 3.05) is 25.6 Å². The molecule has 10 heteroatoms. The lowest BCUT2D eigenvalue weighted by atomic mass is 10.2. The number of methoxy groups -OCH3 is 1. The van der Waals surface area contributed by atoms with Gasteiger partial charge in [-0.05, 0) is 42.8 Å². The molecule has 2 rings (SSSR count). The molecule has 0 bridgehead atoms. The molecule has 0 spiro atoms. The first-order valence-corrected chi connectivity index (χ1v) is 10.1. The van der Waals surface area contributed by atoms with E-state index in [0.717, 1.165) is 0 Å². The zero-order valence-electron chi connectivity index (χ0n) is 17.7. The van der Waals surface area contributed by atoms with E-state index in [2.05, 4.69) is 20.6 Å². The number of hydrogen-bond acceptors (Lipinski definition) is 7. The first-order valence-electron chi connectivity index (χ1n) is 9.75. The van der Waals surface area contributed by atoms with Crippen molar-refractivity contribution in [2.24, 2.45) is 5.10 Å². The Kier molecular flexibility index (Phi) is 9.99. The Hall–Kier alpha value is -3.59. The molecular formula is C22H24ClN3O6. The molecule has 0 unspecified atom stereocenters. The number of nitrogens with one attached hydrogen (secondary N) is 2. The summed E-state index contributed by atoms with van der Waals surface area (Å²) >= 11 is 5.99. The number of carbonyl (C=O) groups excluding carboxylic acids is 3. The molecule has 0 radical (unpaired) electrons. The van der Waals surface area contributed by atoms with Gasteiger partial charge in [0.15, 0.2) is 18.1 Å². The van der Waals surface area contributed by atoms with Crippen LogP contribution in [0.1, 0.15) is 25.3 Å². The Morgan fingerprint density at radius 2 is 1.78 bits per heavy atom. The van der Waals surface area contributed by atoms with Crippen LogP contribution >= 0.6 is 11.6 Å². The van der Waals surface area contributed by atoms with E-state index in [9.17, 15) is 14.4 Å². The van der Waals surface area contributed by atoms with Crippen LogP contribution in [0.2, 0.25) is 5.02 Å². The minimum atomic E-state index is -0.513. The van der Waals surface area contributed by atoms with Crippen LogP contribution in [0.15, 0.2) is 47.6 Å². The van der Waals surface area contributed by atoms with Gasteiger partial charge in [-0.3, -0.25) is 9.59 Å². The summed E-state index contributed by atoms with van der Waals surface area (Å²) in [6, 6.07) is 11.8. The maximum atomic E-state index is 12.0. The second-order valence-corrected chi connectivity index (χ2v) is 6.73. The van der Waals surface area contributed by atoms with Crippen molar-refractivity contribution in [1.82, 2.24) is 5.43 Å². The van der Waals surface area contributed by atoms with Crippen molar-refractivity contribution in [1.29, 1.82) is 0 Å². The third-order valence-electron chi connectivity index (χ3n) is 3.97. The highest BCUT2D eigenvalue weighted by Gasteiger charge is 2.10. The topological polar surface area (TPSA) is 115 Å². The third kappa shape index (κ3) is 8.27. The van der Waals surface area contributed by atoms with Crippen LogP contribution in [-0.2, 0) is 19.1 Å².